The largest absolute Gasteiger partial charge is 0.366 e. The molecule has 0 bridgehead atoms. The number of rotatable bonds is 3. The highest BCUT2D eigenvalue weighted by molar-refractivity contribution is 6.22. The van der Waals surface area contributed by atoms with E-state index in [1.54, 1.807) is 12.1 Å². The van der Waals surface area contributed by atoms with Crippen LogP contribution in [0.25, 0.3) is 0 Å². The van der Waals surface area contributed by atoms with Gasteiger partial charge in [0, 0.05) is 19.2 Å². The second kappa shape index (κ2) is 7.89. The van der Waals surface area contributed by atoms with Crippen LogP contribution in [0.5, 0.6) is 0 Å². The lowest BCUT2D eigenvalue weighted by Crippen LogP contribution is -2.31. The zero-order chi connectivity index (χ0) is 19.7. The first-order chi connectivity index (χ1) is 13.6. The lowest BCUT2D eigenvalue weighted by atomic mass is 9.81. The van der Waals surface area contributed by atoms with Crippen molar-refractivity contribution >= 4 is 28.9 Å². The number of carbonyl (C=O) groups excluding carboxylic acids is 2. The van der Waals surface area contributed by atoms with Gasteiger partial charge in [-0.2, -0.15) is 0 Å². The number of carbonyl (C=O) groups is 2. The van der Waals surface area contributed by atoms with Gasteiger partial charge in [0.2, 0.25) is 11.8 Å². The molecule has 0 spiro atoms. The zero-order valence-corrected chi connectivity index (χ0v) is 16.1. The van der Waals surface area contributed by atoms with E-state index in [0.29, 0.717) is 11.4 Å². The first-order valence-corrected chi connectivity index (χ1v) is 10.5. The number of hydrogen-bond acceptors (Lipinski definition) is 5. The van der Waals surface area contributed by atoms with Crippen molar-refractivity contribution in [3.63, 3.8) is 0 Å². The Kier molecular flexibility index (Phi) is 5.33. The Morgan fingerprint density at radius 3 is 2.00 bits per heavy atom. The molecule has 3 fully saturated rings. The monoisotopic (exact) mass is 385 g/mol. The summed E-state index contributed by atoms with van der Waals surface area (Å²) in [5.41, 5.74) is 0.910. The van der Waals surface area contributed by atoms with Crippen molar-refractivity contribution < 1.29 is 14.5 Å². The highest BCUT2D eigenvalue weighted by Gasteiger charge is 2.49. The number of amides is 2. The molecule has 7 nitrogen and oxygen atoms in total. The maximum Gasteiger partial charge on any atom is 0.294 e. The van der Waals surface area contributed by atoms with E-state index in [1.165, 1.54) is 17.4 Å². The van der Waals surface area contributed by atoms with E-state index in [1.807, 2.05) is 0 Å². The number of anilines is 2. The molecule has 150 valence electrons. The van der Waals surface area contributed by atoms with Crippen LogP contribution < -0.4 is 9.80 Å². The summed E-state index contributed by atoms with van der Waals surface area (Å²) in [6, 6.07) is 4.84. The van der Waals surface area contributed by atoms with Gasteiger partial charge >= 0.3 is 0 Å². The molecule has 1 aromatic rings. The molecule has 2 atom stereocenters. The fourth-order valence-corrected chi connectivity index (χ4v) is 4.97. The number of nitro benzene ring substituents is 1. The van der Waals surface area contributed by atoms with Crippen molar-refractivity contribution in [3.05, 3.63) is 28.3 Å². The summed E-state index contributed by atoms with van der Waals surface area (Å²) >= 11 is 0. The van der Waals surface area contributed by atoms with Crippen molar-refractivity contribution in [1.82, 2.24) is 0 Å². The molecular weight excluding hydrogens is 358 g/mol. The quantitative estimate of drug-likeness (QED) is 0.445. The summed E-state index contributed by atoms with van der Waals surface area (Å²) in [4.78, 5) is 40.3. The number of fused-ring (bicyclic) bond motifs is 1. The van der Waals surface area contributed by atoms with Crippen LogP contribution in [-0.4, -0.2) is 29.8 Å². The van der Waals surface area contributed by atoms with Crippen molar-refractivity contribution in [1.29, 1.82) is 0 Å². The molecular formula is C21H27N3O4. The van der Waals surface area contributed by atoms with Gasteiger partial charge in [-0.3, -0.25) is 19.7 Å². The average molecular weight is 385 g/mol. The Bertz CT molecular complexity index is 762. The van der Waals surface area contributed by atoms with Crippen LogP contribution in [0.1, 0.15) is 57.8 Å². The number of benzene rings is 1. The maximum absolute atomic E-state index is 12.8. The van der Waals surface area contributed by atoms with Gasteiger partial charge in [0.1, 0.15) is 5.69 Å². The van der Waals surface area contributed by atoms with Crippen molar-refractivity contribution in [3.8, 4) is 0 Å². The van der Waals surface area contributed by atoms with Crippen molar-refractivity contribution in [2.45, 2.75) is 57.8 Å². The van der Waals surface area contributed by atoms with Crippen molar-refractivity contribution in [2.24, 2.45) is 11.8 Å². The minimum atomic E-state index is -0.393. The number of nitrogens with zero attached hydrogens (tertiary/aromatic N) is 3. The lowest BCUT2D eigenvalue weighted by molar-refractivity contribution is -0.384. The van der Waals surface area contributed by atoms with Gasteiger partial charge in [-0.25, -0.2) is 4.90 Å². The first kappa shape index (κ1) is 18.9. The minimum absolute atomic E-state index is 0.0199. The molecule has 1 aromatic carbocycles. The van der Waals surface area contributed by atoms with Crippen LogP contribution in [0, 0.1) is 22.0 Å². The molecule has 3 aliphatic rings. The second-order valence-corrected chi connectivity index (χ2v) is 8.19. The fraction of sp³-hybridized carbons (Fsp3) is 0.619. The Labute approximate surface area is 164 Å². The molecule has 7 heteroatoms. The molecule has 1 saturated carbocycles. The Morgan fingerprint density at radius 1 is 0.857 bits per heavy atom. The second-order valence-electron chi connectivity index (χ2n) is 8.19. The molecule has 2 saturated heterocycles. The Morgan fingerprint density at radius 2 is 1.43 bits per heavy atom. The first-order valence-electron chi connectivity index (χ1n) is 10.5. The molecule has 0 aromatic heterocycles. The predicted molar refractivity (Wildman–Crippen MR) is 106 cm³/mol. The Hall–Kier alpha value is -2.44. The summed E-state index contributed by atoms with van der Waals surface area (Å²) in [6.45, 7) is 1.60. The number of hydrogen-bond donors (Lipinski definition) is 0. The fourth-order valence-electron chi connectivity index (χ4n) is 4.97. The standard InChI is InChI=1S/C21H27N3O4/c25-20-16-8-4-5-9-17(16)21(26)23(20)15-10-11-18(19(14-15)24(27)28)22-12-6-2-1-3-7-13-22/h10-11,14,16-17H,1-9,12-13H2/t16-,17-/m0/s1. The maximum atomic E-state index is 12.8. The summed E-state index contributed by atoms with van der Waals surface area (Å²) in [6.07, 6.45) is 8.93. The van der Waals surface area contributed by atoms with Gasteiger partial charge in [0.05, 0.1) is 22.4 Å². The highest BCUT2D eigenvalue weighted by atomic mass is 16.6. The average Bonchev–Trinajstić information content (AvgIpc) is 2.92. The van der Waals surface area contributed by atoms with E-state index >= 15 is 0 Å². The smallest absolute Gasteiger partial charge is 0.294 e. The van der Waals surface area contributed by atoms with Gasteiger partial charge < -0.3 is 4.90 Å². The molecule has 4 rings (SSSR count). The summed E-state index contributed by atoms with van der Waals surface area (Å²) in [5.74, 6) is -0.894. The van der Waals surface area contributed by atoms with E-state index < -0.39 is 4.92 Å². The summed E-state index contributed by atoms with van der Waals surface area (Å²) in [7, 11) is 0. The van der Waals surface area contributed by atoms with E-state index in [-0.39, 0.29) is 29.3 Å². The van der Waals surface area contributed by atoms with Gasteiger partial charge in [0.15, 0.2) is 0 Å². The normalized spacial score (nSPS) is 26.0. The van der Waals surface area contributed by atoms with Gasteiger partial charge in [-0.15, -0.1) is 0 Å². The molecule has 2 heterocycles. The molecule has 2 amide bonds. The lowest BCUT2D eigenvalue weighted by Gasteiger charge is -2.27. The topological polar surface area (TPSA) is 83.8 Å². The SMILES string of the molecule is O=C1[C@H]2CCCC[C@@H]2C(=O)N1c1ccc(N2CCCCCCC2)c([N+](=O)[O-])c1. The van der Waals surface area contributed by atoms with Crippen LogP contribution in [0.4, 0.5) is 17.1 Å². The zero-order valence-electron chi connectivity index (χ0n) is 16.1. The van der Waals surface area contributed by atoms with Crippen LogP contribution in [0.15, 0.2) is 18.2 Å². The van der Waals surface area contributed by atoms with Gasteiger partial charge in [0.25, 0.3) is 5.69 Å². The molecule has 0 N–H and O–H groups in total. The predicted octanol–water partition coefficient (Wildman–Crippen LogP) is 4.04. The summed E-state index contributed by atoms with van der Waals surface area (Å²) < 4.78 is 0. The molecule has 28 heavy (non-hydrogen) atoms. The molecule has 0 unspecified atom stereocenters. The van der Waals surface area contributed by atoms with Crippen LogP contribution >= 0.6 is 0 Å². The van der Waals surface area contributed by atoms with Crippen LogP contribution in [-0.2, 0) is 9.59 Å². The van der Waals surface area contributed by atoms with Crippen LogP contribution in [0.3, 0.4) is 0 Å². The molecule has 2 aliphatic heterocycles. The van der Waals surface area contributed by atoms with Gasteiger partial charge in [-0.1, -0.05) is 32.1 Å². The van der Waals surface area contributed by atoms with Crippen LogP contribution in [0.2, 0.25) is 0 Å². The third kappa shape index (κ3) is 3.38. The van der Waals surface area contributed by atoms with Gasteiger partial charge in [-0.05, 0) is 37.8 Å². The molecule has 0 radical (unpaired) electrons. The van der Waals surface area contributed by atoms with E-state index in [0.717, 1.165) is 64.5 Å². The van der Waals surface area contributed by atoms with E-state index in [4.69, 9.17) is 0 Å². The number of nitro groups is 1. The van der Waals surface area contributed by atoms with E-state index in [9.17, 15) is 19.7 Å². The highest BCUT2D eigenvalue weighted by Crippen LogP contribution is 2.42. The minimum Gasteiger partial charge on any atom is -0.366 e. The third-order valence-electron chi connectivity index (χ3n) is 6.45. The van der Waals surface area contributed by atoms with E-state index in [2.05, 4.69) is 4.90 Å². The summed E-state index contributed by atoms with van der Waals surface area (Å²) in [5, 5.41) is 11.8. The third-order valence-corrected chi connectivity index (χ3v) is 6.45. The van der Waals surface area contributed by atoms with Crippen molar-refractivity contribution in [2.75, 3.05) is 22.9 Å². The molecule has 1 aliphatic carbocycles. The number of imide groups is 1. The Balaban J connectivity index is 1.66.